The first-order chi connectivity index (χ1) is 16.3. The van der Waals surface area contributed by atoms with E-state index in [2.05, 4.69) is 30.5 Å². The monoisotopic (exact) mass is 550 g/mol. The van der Waals surface area contributed by atoms with Crippen molar-refractivity contribution < 1.29 is 37.7 Å². The van der Waals surface area contributed by atoms with Crippen LogP contribution in [0.3, 0.4) is 0 Å². The van der Waals surface area contributed by atoms with Gasteiger partial charge in [-0.25, -0.2) is 0 Å². The Bertz CT molecular complexity index is 1340. The van der Waals surface area contributed by atoms with Gasteiger partial charge in [0.05, 0.1) is 18.5 Å². The minimum atomic E-state index is -3.82. The van der Waals surface area contributed by atoms with Crippen LogP contribution in [0.1, 0.15) is 41.6 Å². The van der Waals surface area contributed by atoms with Gasteiger partial charge in [0.2, 0.25) is 0 Å². The molecule has 0 aliphatic carbocycles. The van der Waals surface area contributed by atoms with E-state index in [4.69, 9.17) is 4.74 Å². The number of nitrogens with zero attached hydrogens (tertiary/aromatic N) is 2. The van der Waals surface area contributed by atoms with Gasteiger partial charge >= 0.3 is 12.3 Å². The fourth-order valence-corrected chi connectivity index (χ4v) is 4.12. The first kappa shape index (κ1) is 24.8. The third kappa shape index (κ3) is 4.53. The minimum Gasteiger partial charge on any atom is -0.468 e. The Morgan fingerprint density at radius 2 is 1.83 bits per heavy atom. The topological polar surface area (TPSA) is 99.9 Å². The number of esters is 1. The van der Waals surface area contributed by atoms with Gasteiger partial charge in [-0.2, -0.15) is 5.10 Å². The third-order valence-corrected chi connectivity index (χ3v) is 6.22. The zero-order valence-corrected chi connectivity index (χ0v) is 20.7. The summed E-state index contributed by atoms with van der Waals surface area (Å²) in [5.41, 5.74) is 0.564. The molecule has 1 aliphatic heterocycles. The van der Waals surface area contributed by atoms with Crippen LogP contribution in [0.4, 0.5) is 8.78 Å². The summed E-state index contributed by atoms with van der Waals surface area (Å²) in [4.78, 5) is 25.6. The summed E-state index contributed by atoms with van der Waals surface area (Å²) in [6, 6.07) is 10.3. The van der Waals surface area contributed by atoms with Gasteiger partial charge < -0.3 is 19.3 Å². The number of aromatic nitrogens is 2. The molecule has 1 unspecified atom stereocenters. The van der Waals surface area contributed by atoms with Crippen LogP contribution >= 0.6 is 15.9 Å². The van der Waals surface area contributed by atoms with E-state index >= 15 is 0 Å². The number of aliphatic hydroxyl groups excluding tert-OH is 1. The van der Waals surface area contributed by atoms with Crippen LogP contribution in [-0.2, 0) is 22.0 Å². The highest BCUT2D eigenvalue weighted by molar-refractivity contribution is 9.10. The van der Waals surface area contributed by atoms with Gasteiger partial charge in [0.1, 0.15) is 11.5 Å². The summed E-state index contributed by atoms with van der Waals surface area (Å²) in [6.45, 7) is 3.34. The van der Waals surface area contributed by atoms with Crippen molar-refractivity contribution in [1.82, 2.24) is 9.78 Å². The number of rotatable bonds is 6. The molecule has 184 valence electrons. The third-order valence-electron chi connectivity index (χ3n) is 5.73. The van der Waals surface area contributed by atoms with E-state index < -0.39 is 29.6 Å². The summed E-state index contributed by atoms with van der Waals surface area (Å²) in [7, 11) is 2.95. The number of aliphatic hydroxyl groups is 1. The first-order valence-electron chi connectivity index (χ1n) is 10.4. The molecule has 1 aromatic heterocycles. The zero-order valence-electron chi connectivity index (χ0n) is 19.1. The van der Waals surface area contributed by atoms with E-state index in [1.54, 1.807) is 45.2 Å². The van der Waals surface area contributed by atoms with Gasteiger partial charge in [0.25, 0.3) is 0 Å². The number of carbonyl (C=O) groups is 2. The lowest BCUT2D eigenvalue weighted by atomic mass is 9.88. The number of hydrogen-bond donors (Lipinski definition) is 1. The predicted octanol–water partition coefficient (Wildman–Crippen LogP) is 4.54. The quantitative estimate of drug-likeness (QED) is 0.355. The van der Waals surface area contributed by atoms with Crippen molar-refractivity contribution in [2.45, 2.75) is 31.7 Å². The van der Waals surface area contributed by atoms with E-state index in [9.17, 15) is 23.5 Å². The van der Waals surface area contributed by atoms with E-state index in [1.807, 2.05) is 0 Å². The summed E-state index contributed by atoms with van der Waals surface area (Å²) in [5, 5.41) is 15.3. The van der Waals surface area contributed by atoms with Gasteiger partial charge in [0, 0.05) is 22.6 Å². The predicted molar refractivity (Wildman–Crippen MR) is 123 cm³/mol. The van der Waals surface area contributed by atoms with Crippen molar-refractivity contribution in [2.75, 3.05) is 7.11 Å². The van der Waals surface area contributed by atoms with Crippen LogP contribution in [0.2, 0.25) is 0 Å². The Labute approximate surface area is 207 Å². The fourth-order valence-electron chi connectivity index (χ4n) is 3.76. The number of Topliss-reactive ketones (excluding diaryl/α,β-unsaturated/α-hetero) is 1. The normalized spacial score (nSPS) is 15.1. The van der Waals surface area contributed by atoms with Crippen LogP contribution in [-0.4, -0.2) is 40.0 Å². The smallest absolute Gasteiger partial charge is 0.468 e. The van der Waals surface area contributed by atoms with Gasteiger partial charge in [-0.3, -0.25) is 14.3 Å². The molecule has 0 saturated carbocycles. The second-order valence-corrected chi connectivity index (χ2v) is 9.40. The number of carbonyl (C=O) groups excluding carboxylic acids is 2. The number of hydrogen-bond acceptors (Lipinski definition) is 7. The van der Waals surface area contributed by atoms with Crippen molar-refractivity contribution in [3.8, 4) is 22.8 Å². The Hall–Kier alpha value is -3.31. The molecule has 8 nitrogen and oxygen atoms in total. The molecule has 0 fully saturated rings. The van der Waals surface area contributed by atoms with Crippen molar-refractivity contribution in [3.63, 3.8) is 0 Å². The van der Waals surface area contributed by atoms with E-state index in [0.29, 0.717) is 21.4 Å². The molecule has 2 heterocycles. The van der Waals surface area contributed by atoms with Crippen molar-refractivity contribution in [2.24, 2.45) is 7.05 Å². The second kappa shape index (κ2) is 8.72. The van der Waals surface area contributed by atoms with Crippen molar-refractivity contribution in [1.29, 1.82) is 0 Å². The lowest BCUT2D eigenvalue weighted by Crippen LogP contribution is -2.30. The number of ketones is 1. The number of halogens is 3. The molecule has 1 N–H and O–H groups in total. The van der Waals surface area contributed by atoms with Crippen LogP contribution < -0.4 is 9.47 Å². The average molecular weight is 551 g/mol. The van der Waals surface area contributed by atoms with E-state index in [-0.39, 0.29) is 22.6 Å². The fraction of sp³-hybridized carbons (Fsp3) is 0.292. The summed E-state index contributed by atoms with van der Waals surface area (Å²) < 4.78 is 42.5. The van der Waals surface area contributed by atoms with Crippen LogP contribution in [0.15, 0.2) is 46.9 Å². The molecular formula is C24H21BrF2N2O6. The second-order valence-electron chi connectivity index (χ2n) is 8.49. The van der Waals surface area contributed by atoms with E-state index in [0.717, 1.165) is 6.07 Å². The molecule has 11 heteroatoms. The molecular weight excluding hydrogens is 530 g/mol. The summed E-state index contributed by atoms with van der Waals surface area (Å²) in [6.07, 6.45) is -5.49. The summed E-state index contributed by atoms with van der Waals surface area (Å²) >= 11 is 3.34. The van der Waals surface area contributed by atoms with Gasteiger partial charge in [-0.15, -0.1) is 8.78 Å². The molecule has 0 saturated heterocycles. The number of methoxy groups -OCH3 is 1. The van der Waals surface area contributed by atoms with Crippen LogP contribution in [0.5, 0.6) is 11.5 Å². The Morgan fingerprint density at radius 1 is 1.14 bits per heavy atom. The standard InChI is InChI=1S/C24H21BrF2N2O6/c1-23(2,22(32)33-4)19-11-16(29(3)28-19)14-7-6-13(25)10-15(14)21(31)20(30)12-5-8-17-18(9-12)35-24(26,27)34-17/h5-11,20,30H,1-4H3. The largest absolute Gasteiger partial charge is 0.586 e. The summed E-state index contributed by atoms with van der Waals surface area (Å²) in [5.74, 6) is -1.63. The minimum absolute atomic E-state index is 0.0542. The maximum absolute atomic E-state index is 13.4. The first-order valence-corrected chi connectivity index (χ1v) is 11.2. The molecule has 0 amide bonds. The average Bonchev–Trinajstić information content (AvgIpc) is 3.35. The van der Waals surface area contributed by atoms with Crippen LogP contribution in [0.25, 0.3) is 11.3 Å². The Balaban J connectivity index is 1.73. The molecule has 4 rings (SSSR count). The molecule has 35 heavy (non-hydrogen) atoms. The van der Waals surface area contributed by atoms with Gasteiger partial charge in [-0.1, -0.05) is 28.1 Å². The molecule has 0 radical (unpaired) electrons. The van der Waals surface area contributed by atoms with Crippen LogP contribution in [0, 0.1) is 0 Å². The molecule has 0 spiro atoms. The number of ether oxygens (including phenoxy) is 3. The molecule has 0 bridgehead atoms. The highest BCUT2D eigenvalue weighted by atomic mass is 79.9. The highest BCUT2D eigenvalue weighted by Gasteiger charge is 2.43. The SMILES string of the molecule is COC(=O)C(C)(C)c1cc(-c2ccc(Br)cc2C(=O)C(O)c2ccc3c(c2)OC(F)(F)O3)n(C)n1. The highest BCUT2D eigenvalue weighted by Crippen LogP contribution is 2.42. The van der Waals surface area contributed by atoms with E-state index in [1.165, 1.54) is 23.9 Å². The molecule has 1 atom stereocenters. The number of aryl methyl sites for hydroxylation is 1. The van der Waals surface area contributed by atoms with Crippen molar-refractivity contribution in [3.05, 3.63) is 63.8 Å². The lowest BCUT2D eigenvalue weighted by Gasteiger charge is -2.18. The maximum atomic E-state index is 13.4. The number of fused-ring (bicyclic) bond motifs is 1. The molecule has 3 aromatic rings. The lowest BCUT2D eigenvalue weighted by molar-refractivity contribution is -0.286. The van der Waals surface area contributed by atoms with Gasteiger partial charge in [0.15, 0.2) is 17.3 Å². The van der Waals surface area contributed by atoms with Crippen molar-refractivity contribution >= 4 is 27.7 Å². The van der Waals surface area contributed by atoms with Gasteiger partial charge in [-0.05, 0) is 49.7 Å². The Kier molecular flexibility index (Phi) is 6.18. The maximum Gasteiger partial charge on any atom is 0.586 e. The Morgan fingerprint density at radius 3 is 2.51 bits per heavy atom. The zero-order chi connectivity index (χ0) is 25.7. The molecule has 2 aromatic carbocycles. The molecule has 1 aliphatic rings. The number of alkyl halides is 2. The number of benzene rings is 2.